The standard InChI is InChI=1S/C15H17NO4S/c1-15(2)11(16-12(18)10(17)13(16)21-15)14(19)20-8-9-6-4-3-5-7-9/h3-7,10-11,13,17H,8H2,1-2H3/t10-,11-,13+/m0/s1. The molecular weight excluding hydrogens is 290 g/mol. The number of esters is 1. The summed E-state index contributed by atoms with van der Waals surface area (Å²) in [6.07, 6.45) is -0.999. The number of aliphatic hydroxyl groups is 1. The Hall–Kier alpha value is -1.53. The van der Waals surface area contributed by atoms with E-state index in [0.717, 1.165) is 5.56 Å². The number of β-lactam (4-membered cyclic amide) rings is 1. The number of benzene rings is 1. The molecule has 112 valence electrons. The fourth-order valence-electron chi connectivity index (χ4n) is 2.78. The summed E-state index contributed by atoms with van der Waals surface area (Å²) < 4.78 is 4.89. The molecular formula is C15H17NO4S. The molecule has 2 saturated heterocycles. The van der Waals surface area contributed by atoms with Crippen molar-refractivity contribution in [3.05, 3.63) is 35.9 Å². The second-order valence-electron chi connectivity index (χ2n) is 5.80. The largest absolute Gasteiger partial charge is 0.459 e. The van der Waals surface area contributed by atoms with Crippen LogP contribution >= 0.6 is 11.8 Å². The van der Waals surface area contributed by atoms with Crippen molar-refractivity contribution in [3.8, 4) is 0 Å². The van der Waals surface area contributed by atoms with Gasteiger partial charge in [-0.05, 0) is 19.4 Å². The van der Waals surface area contributed by atoms with Crippen molar-refractivity contribution < 1.29 is 19.4 Å². The number of hydrogen-bond donors (Lipinski definition) is 1. The third-order valence-corrected chi connectivity index (χ3v) is 5.42. The quantitative estimate of drug-likeness (QED) is 0.670. The fourth-order valence-corrected chi connectivity index (χ4v) is 4.33. The van der Waals surface area contributed by atoms with E-state index in [9.17, 15) is 14.7 Å². The van der Waals surface area contributed by atoms with E-state index in [1.54, 1.807) is 0 Å². The number of carbonyl (C=O) groups excluding carboxylic acids is 2. The predicted molar refractivity (Wildman–Crippen MR) is 78.3 cm³/mol. The molecule has 0 bridgehead atoms. The molecule has 3 rings (SSSR count). The molecule has 1 aromatic rings. The molecule has 1 amide bonds. The lowest BCUT2D eigenvalue weighted by Gasteiger charge is -2.41. The molecule has 5 nitrogen and oxygen atoms in total. The van der Waals surface area contributed by atoms with Crippen LogP contribution in [0.25, 0.3) is 0 Å². The highest BCUT2D eigenvalue weighted by atomic mass is 32.2. The van der Waals surface area contributed by atoms with E-state index in [0.29, 0.717) is 0 Å². The van der Waals surface area contributed by atoms with Gasteiger partial charge in [0.1, 0.15) is 18.0 Å². The van der Waals surface area contributed by atoms with Crippen molar-refractivity contribution >= 4 is 23.6 Å². The Balaban J connectivity index is 1.70. The zero-order valence-electron chi connectivity index (χ0n) is 11.9. The highest BCUT2D eigenvalue weighted by molar-refractivity contribution is 8.01. The zero-order valence-corrected chi connectivity index (χ0v) is 12.7. The smallest absolute Gasteiger partial charge is 0.330 e. The molecule has 21 heavy (non-hydrogen) atoms. The normalized spacial score (nSPS) is 29.8. The van der Waals surface area contributed by atoms with Gasteiger partial charge in [-0.3, -0.25) is 4.79 Å². The monoisotopic (exact) mass is 307 g/mol. The molecule has 0 aliphatic carbocycles. The number of amides is 1. The third-order valence-electron chi connectivity index (χ3n) is 3.86. The molecule has 2 aliphatic heterocycles. The van der Waals surface area contributed by atoms with E-state index in [-0.39, 0.29) is 17.9 Å². The Morgan fingerprint density at radius 1 is 1.38 bits per heavy atom. The minimum absolute atomic E-state index is 0.187. The van der Waals surface area contributed by atoms with Gasteiger partial charge < -0.3 is 14.7 Å². The predicted octanol–water partition coefficient (Wildman–Crippen LogP) is 1.15. The van der Waals surface area contributed by atoms with Gasteiger partial charge in [-0.15, -0.1) is 11.8 Å². The number of ether oxygens (including phenoxy) is 1. The Morgan fingerprint density at radius 2 is 2.05 bits per heavy atom. The number of fused-ring (bicyclic) bond motifs is 1. The average Bonchev–Trinajstić information content (AvgIpc) is 2.74. The van der Waals surface area contributed by atoms with Crippen molar-refractivity contribution in [3.63, 3.8) is 0 Å². The number of nitrogens with zero attached hydrogens (tertiary/aromatic N) is 1. The minimum Gasteiger partial charge on any atom is -0.459 e. The van der Waals surface area contributed by atoms with Crippen LogP contribution in [-0.2, 0) is 20.9 Å². The second-order valence-corrected chi connectivity index (χ2v) is 7.57. The van der Waals surface area contributed by atoms with E-state index in [1.807, 2.05) is 44.2 Å². The van der Waals surface area contributed by atoms with Gasteiger partial charge >= 0.3 is 5.97 Å². The number of carbonyl (C=O) groups is 2. The maximum Gasteiger partial charge on any atom is 0.330 e. The van der Waals surface area contributed by atoms with Crippen molar-refractivity contribution in [2.75, 3.05) is 0 Å². The number of thioether (sulfide) groups is 1. The van der Waals surface area contributed by atoms with E-state index in [1.165, 1.54) is 16.7 Å². The highest BCUT2D eigenvalue weighted by Gasteiger charge is 2.63. The van der Waals surface area contributed by atoms with Crippen LogP contribution in [0.15, 0.2) is 30.3 Å². The van der Waals surface area contributed by atoms with Crippen LogP contribution in [0.4, 0.5) is 0 Å². The summed E-state index contributed by atoms with van der Waals surface area (Å²) >= 11 is 1.44. The topological polar surface area (TPSA) is 66.8 Å². The summed E-state index contributed by atoms with van der Waals surface area (Å²) in [5.41, 5.74) is 0.904. The molecule has 2 aliphatic rings. The molecule has 0 unspecified atom stereocenters. The van der Waals surface area contributed by atoms with Gasteiger partial charge in [0.2, 0.25) is 0 Å². The van der Waals surface area contributed by atoms with E-state index in [2.05, 4.69) is 0 Å². The zero-order chi connectivity index (χ0) is 15.2. The Bertz CT molecular complexity index is 574. The molecule has 0 aromatic heterocycles. The maximum atomic E-state index is 12.4. The molecule has 1 N–H and O–H groups in total. The fraction of sp³-hybridized carbons (Fsp3) is 0.467. The van der Waals surface area contributed by atoms with E-state index in [4.69, 9.17) is 4.74 Å². The lowest BCUT2D eigenvalue weighted by atomic mass is 9.97. The van der Waals surface area contributed by atoms with Crippen molar-refractivity contribution in [2.45, 2.75) is 42.7 Å². The number of aliphatic hydroxyl groups excluding tert-OH is 1. The lowest BCUT2D eigenvalue weighted by molar-refractivity contribution is -0.172. The van der Waals surface area contributed by atoms with Gasteiger partial charge in [-0.2, -0.15) is 0 Å². The van der Waals surface area contributed by atoms with Crippen LogP contribution < -0.4 is 0 Å². The first-order chi connectivity index (χ1) is 9.92. The summed E-state index contributed by atoms with van der Waals surface area (Å²) in [5, 5.41) is 9.33. The van der Waals surface area contributed by atoms with Gasteiger partial charge in [0, 0.05) is 4.75 Å². The summed E-state index contributed by atoms with van der Waals surface area (Å²) in [7, 11) is 0. The molecule has 2 heterocycles. The number of hydrogen-bond acceptors (Lipinski definition) is 5. The molecule has 2 fully saturated rings. The summed E-state index contributed by atoms with van der Waals surface area (Å²) in [5.74, 6) is -0.807. The summed E-state index contributed by atoms with van der Waals surface area (Å²) in [6.45, 7) is 3.97. The summed E-state index contributed by atoms with van der Waals surface area (Å²) in [4.78, 5) is 25.6. The number of rotatable bonds is 3. The van der Waals surface area contributed by atoms with Gasteiger partial charge in [-0.1, -0.05) is 30.3 Å². The van der Waals surface area contributed by atoms with Crippen LogP contribution in [0.3, 0.4) is 0 Å². The Kier molecular flexibility index (Phi) is 3.45. The van der Waals surface area contributed by atoms with Crippen molar-refractivity contribution in [2.24, 2.45) is 0 Å². The third kappa shape index (κ3) is 2.32. The first kappa shape index (κ1) is 14.4. The lowest BCUT2D eigenvalue weighted by Crippen LogP contribution is -2.65. The van der Waals surface area contributed by atoms with Gasteiger partial charge in [0.15, 0.2) is 6.10 Å². The van der Waals surface area contributed by atoms with Crippen LogP contribution in [-0.4, -0.2) is 44.1 Å². The maximum absolute atomic E-state index is 12.4. The Labute approximate surface area is 127 Å². The van der Waals surface area contributed by atoms with E-state index >= 15 is 0 Å². The van der Waals surface area contributed by atoms with E-state index < -0.39 is 22.9 Å². The highest BCUT2D eigenvalue weighted by Crippen LogP contribution is 2.50. The Morgan fingerprint density at radius 3 is 2.71 bits per heavy atom. The molecule has 3 atom stereocenters. The molecule has 0 radical (unpaired) electrons. The van der Waals surface area contributed by atoms with Crippen LogP contribution in [0.1, 0.15) is 19.4 Å². The molecule has 0 spiro atoms. The van der Waals surface area contributed by atoms with Crippen LogP contribution in [0.2, 0.25) is 0 Å². The SMILES string of the molecule is CC1(C)S[C@@H]2[C@@H](O)C(=O)N2[C@H]1C(=O)OCc1ccccc1. The van der Waals surface area contributed by atoms with Crippen molar-refractivity contribution in [1.82, 2.24) is 4.90 Å². The van der Waals surface area contributed by atoms with Gasteiger partial charge in [0.25, 0.3) is 5.91 Å². The molecule has 1 aromatic carbocycles. The van der Waals surface area contributed by atoms with Crippen LogP contribution in [0, 0.1) is 0 Å². The van der Waals surface area contributed by atoms with Crippen LogP contribution in [0.5, 0.6) is 0 Å². The first-order valence-corrected chi connectivity index (χ1v) is 7.68. The van der Waals surface area contributed by atoms with Gasteiger partial charge in [0.05, 0.1) is 0 Å². The first-order valence-electron chi connectivity index (χ1n) is 6.80. The molecule has 0 saturated carbocycles. The summed E-state index contributed by atoms with van der Waals surface area (Å²) in [6, 6.07) is 8.76. The molecule has 6 heteroatoms. The van der Waals surface area contributed by atoms with Crippen molar-refractivity contribution in [1.29, 1.82) is 0 Å². The second kappa shape index (κ2) is 5.03. The van der Waals surface area contributed by atoms with Gasteiger partial charge in [-0.25, -0.2) is 4.79 Å². The average molecular weight is 307 g/mol. The minimum atomic E-state index is -0.999.